The number of anilines is 2. The molecule has 14 heavy (non-hydrogen) atoms. The maximum Gasteiger partial charge on any atom is 0.273 e. The smallest absolute Gasteiger partial charge is 0.273 e. The number of nitrogen functional groups attached to an aromatic ring is 1. The molecule has 5 nitrogen and oxygen atoms in total. The molecule has 76 valence electrons. The van der Waals surface area contributed by atoms with Crippen molar-refractivity contribution < 1.29 is 4.92 Å². The van der Waals surface area contributed by atoms with Crippen LogP contribution in [-0.2, 0) is 0 Å². The fourth-order valence-corrected chi connectivity index (χ4v) is 1.11. The number of non-ortho nitro benzene ring substituents is 1. The molecule has 5 heteroatoms. The molecule has 0 radical (unpaired) electrons. The summed E-state index contributed by atoms with van der Waals surface area (Å²) in [6.45, 7) is 2.80. The molecule has 0 amide bonds. The number of benzene rings is 1. The molecule has 0 aliphatic heterocycles. The topological polar surface area (TPSA) is 81.2 Å². The van der Waals surface area contributed by atoms with Gasteiger partial charge in [-0.25, -0.2) is 0 Å². The van der Waals surface area contributed by atoms with Gasteiger partial charge in [-0.1, -0.05) is 6.92 Å². The van der Waals surface area contributed by atoms with E-state index >= 15 is 0 Å². The van der Waals surface area contributed by atoms with E-state index in [-0.39, 0.29) is 5.69 Å². The molecule has 0 heterocycles. The van der Waals surface area contributed by atoms with Crippen molar-refractivity contribution in [3.05, 3.63) is 28.3 Å². The van der Waals surface area contributed by atoms with E-state index in [4.69, 9.17) is 5.73 Å². The molecule has 0 saturated carbocycles. The molecule has 0 aromatic heterocycles. The van der Waals surface area contributed by atoms with Gasteiger partial charge in [0.25, 0.3) is 5.69 Å². The standard InChI is InChI=1S/C9H13N3O2/c1-2-3-11-8-4-7(10)5-9(6-8)12(13)14/h4-6,11H,2-3,10H2,1H3. The van der Waals surface area contributed by atoms with Gasteiger partial charge in [-0.3, -0.25) is 10.1 Å². The van der Waals surface area contributed by atoms with Gasteiger partial charge in [0.05, 0.1) is 4.92 Å². The van der Waals surface area contributed by atoms with Gasteiger partial charge >= 0.3 is 0 Å². The minimum absolute atomic E-state index is 0.0172. The second kappa shape index (κ2) is 4.45. The lowest BCUT2D eigenvalue weighted by molar-refractivity contribution is -0.384. The van der Waals surface area contributed by atoms with Gasteiger partial charge in [0.1, 0.15) is 0 Å². The fourth-order valence-electron chi connectivity index (χ4n) is 1.11. The number of hydrogen-bond donors (Lipinski definition) is 2. The van der Waals surface area contributed by atoms with E-state index in [9.17, 15) is 10.1 Å². The first kappa shape index (κ1) is 10.3. The van der Waals surface area contributed by atoms with Crippen LogP contribution < -0.4 is 11.1 Å². The summed E-state index contributed by atoms with van der Waals surface area (Å²) in [6.07, 6.45) is 0.961. The van der Waals surface area contributed by atoms with Crippen molar-refractivity contribution in [3.8, 4) is 0 Å². The predicted octanol–water partition coefficient (Wildman–Crippen LogP) is 2.00. The maximum atomic E-state index is 10.5. The van der Waals surface area contributed by atoms with Crippen molar-refractivity contribution >= 4 is 17.1 Å². The van der Waals surface area contributed by atoms with Crippen molar-refractivity contribution in [2.75, 3.05) is 17.6 Å². The highest BCUT2D eigenvalue weighted by Crippen LogP contribution is 2.22. The van der Waals surface area contributed by atoms with E-state index in [0.717, 1.165) is 13.0 Å². The zero-order chi connectivity index (χ0) is 10.6. The number of nitro benzene ring substituents is 1. The number of nitrogens with zero attached hydrogens (tertiary/aromatic N) is 1. The number of hydrogen-bond acceptors (Lipinski definition) is 4. The number of nitrogens with two attached hydrogens (primary N) is 1. The second-order valence-corrected chi connectivity index (χ2v) is 3.00. The predicted molar refractivity (Wildman–Crippen MR) is 56.3 cm³/mol. The lowest BCUT2D eigenvalue weighted by Gasteiger charge is -2.05. The third kappa shape index (κ3) is 2.62. The third-order valence-corrected chi connectivity index (χ3v) is 1.73. The molecule has 1 aromatic rings. The summed E-state index contributed by atoms with van der Waals surface area (Å²) in [5.41, 5.74) is 6.64. The fraction of sp³-hybridized carbons (Fsp3) is 0.333. The molecule has 1 rings (SSSR count). The van der Waals surface area contributed by atoms with Crippen LogP contribution in [0.2, 0.25) is 0 Å². The van der Waals surface area contributed by atoms with E-state index in [1.807, 2.05) is 6.92 Å². The summed E-state index contributed by atoms with van der Waals surface area (Å²) in [5.74, 6) is 0. The SMILES string of the molecule is CCCNc1cc(N)cc([N+](=O)[O-])c1. The monoisotopic (exact) mass is 195 g/mol. The molecule has 0 unspecified atom stereocenters. The van der Waals surface area contributed by atoms with Crippen LogP contribution in [0.1, 0.15) is 13.3 Å². The summed E-state index contributed by atoms with van der Waals surface area (Å²) in [5, 5.41) is 13.5. The Morgan fingerprint density at radius 3 is 2.79 bits per heavy atom. The highest BCUT2D eigenvalue weighted by atomic mass is 16.6. The first-order valence-corrected chi connectivity index (χ1v) is 4.42. The Kier molecular flexibility index (Phi) is 3.28. The van der Waals surface area contributed by atoms with Crippen LogP contribution in [0.25, 0.3) is 0 Å². The third-order valence-electron chi connectivity index (χ3n) is 1.73. The van der Waals surface area contributed by atoms with Crippen LogP contribution in [0.3, 0.4) is 0 Å². The Bertz CT molecular complexity index is 339. The van der Waals surface area contributed by atoms with E-state index in [1.165, 1.54) is 12.1 Å². The number of nitrogens with one attached hydrogen (secondary N) is 1. The zero-order valence-electron chi connectivity index (χ0n) is 7.99. The average molecular weight is 195 g/mol. The zero-order valence-corrected chi connectivity index (χ0v) is 7.99. The lowest BCUT2D eigenvalue weighted by atomic mass is 10.2. The molecule has 0 bridgehead atoms. The molecule has 3 N–H and O–H groups in total. The van der Waals surface area contributed by atoms with Crippen LogP contribution in [0.15, 0.2) is 18.2 Å². The Morgan fingerprint density at radius 1 is 1.50 bits per heavy atom. The summed E-state index contributed by atoms with van der Waals surface area (Å²) in [7, 11) is 0. The van der Waals surface area contributed by atoms with Crippen LogP contribution in [0.4, 0.5) is 17.1 Å². The summed E-state index contributed by atoms with van der Waals surface area (Å²) in [4.78, 5) is 10.1. The van der Waals surface area contributed by atoms with Crippen molar-refractivity contribution in [3.63, 3.8) is 0 Å². The largest absolute Gasteiger partial charge is 0.398 e. The summed E-state index contributed by atoms with van der Waals surface area (Å²) in [6, 6.07) is 4.51. The quantitative estimate of drug-likeness (QED) is 0.437. The van der Waals surface area contributed by atoms with Gasteiger partial charge in [-0.2, -0.15) is 0 Å². The molecule has 0 saturated heterocycles. The molecule has 0 spiro atoms. The van der Waals surface area contributed by atoms with Crippen molar-refractivity contribution in [1.29, 1.82) is 0 Å². The molecule has 0 atom stereocenters. The van der Waals surface area contributed by atoms with Crippen LogP contribution in [0, 0.1) is 10.1 Å². The second-order valence-electron chi connectivity index (χ2n) is 3.00. The van der Waals surface area contributed by atoms with Gasteiger partial charge in [-0.15, -0.1) is 0 Å². The van der Waals surface area contributed by atoms with Gasteiger partial charge in [0.2, 0.25) is 0 Å². The van der Waals surface area contributed by atoms with Crippen LogP contribution >= 0.6 is 0 Å². The van der Waals surface area contributed by atoms with Crippen LogP contribution in [0.5, 0.6) is 0 Å². The maximum absolute atomic E-state index is 10.5. The van der Waals surface area contributed by atoms with E-state index in [1.54, 1.807) is 6.07 Å². The molecule has 0 aliphatic rings. The summed E-state index contributed by atoms with van der Waals surface area (Å²) < 4.78 is 0. The molecular formula is C9H13N3O2. The first-order valence-electron chi connectivity index (χ1n) is 4.42. The minimum atomic E-state index is -0.451. The van der Waals surface area contributed by atoms with Gasteiger partial charge < -0.3 is 11.1 Å². The highest BCUT2D eigenvalue weighted by Gasteiger charge is 2.07. The lowest BCUT2D eigenvalue weighted by Crippen LogP contribution is -2.01. The van der Waals surface area contributed by atoms with Crippen LogP contribution in [-0.4, -0.2) is 11.5 Å². The molecule has 0 fully saturated rings. The number of rotatable bonds is 4. The van der Waals surface area contributed by atoms with Gasteiger partial charge in [0.15, 0.2) is 0 Å². The summed E-state index contributed by atoms with van der Waals surface area (Å²) >= 11 is 0. The Labute approximate surface area is 82.1 Å². The van der Waals surface area contributed by atoms with Crippen molar-refractivity contribution in [2.45, 2.75) is 13.3 Å². The normalized spacial score (nSPS) is 9.79. The minimum Gasteiger partial charge on any atom is -0.398 e. The Hall–Kier alpha value is -1.78. The molecule has 1 aromatic carbocycles. The number of nitro groups is 1. The van der Waals surface area contributed by atoms with Crippen molar-refractivity contribution in [1.82, 2.24) is 0 Å². The average Bonchev–Trinajstić information content (AvgIpc) is 2.14. The van der Waals surface area contributed by atoms with E-state index in [0.29, 0.717) is 11.4 Å². The van der Waals surface area contributed by atoms with Gasteiger partial charge in [0, 0.05) is 30.1 Å². The van der Waals surface area contributed by atoms with E-state index in [2.05, 4.69) is 5.32 Å². The first-order chi connectivity index (χ1) is 6.63. The van der Waals surface area contributed by atoms with Gasteiger partial charge in [-0.05, 0) is 12.5 Å². The van der Waals surface area contributed by atoms with E-state index < -0.39 is 4.92 Å². The highest BCUT2D eigenvalue weighted by molar-refractivity contribution is 5.61. The molecule has 0 aliphatic carbocycles. The Morgan fingerprint density at radius 2 is 2.21 bits per heavy atom. The van der Waals surface area contributed by atoms with Crippen molar-refractivity contribution in [2.24, 2.45) is 0 Å². The molecular weight excluding hydrogens is 182 g/mol. The Balaban J connectivity index is 2.89.